The van der Waals surface area contributed by atoms with E-state index in [1.54, 1.807) is 0 Å². The van der Waals surface area contributed by atoms with E-state index in [1.165, 1.54) is 25.7 Å². The minimum atomic E-state index is -2.46. The predicted octanol–water partition coefficient (Wildman–Crippen LogP) is -6.40. The fourth-order valence-corrected chi connectivity index (χ4v) is 1.16. The monoisotopic (exact) mass is 296 g/mol. The number of aliphatic hydroxyl groups is 3. The van der Waals surface area contributed by atoms with Gasteiger partial charge in [0, 0.05) is 0 Å². The summed E-state index contributed by atoms with van der Waals surface area (Å²) in [5.41, 5.74) is 7.54. The molecule has 0 aromatic heterocycles. The van der Waals surface area contributed by atoms with Crippen LogP contribution in [0.15, 0.2) is 0 Å². The number of hydrogen-bond acceptors (Lipinski definition) is 7. The van der Waals surface area contributed by atoms with Crippen LogP contribution in [0, 0.1) is 0 Å². The molecule has 0 rings (SSSR count). The van der Waals surface area contributed by atoms with Gasteiger partial charge < -0.3 is 46.6 Å². The van der Waals surface area contributed by atoms with Crippen LogP contribution in [0.5, 0.6) is 0 Å². The Morgan fingerprint density at radius 2 is 1.10 bits per heavy atom. The molecule has 0 amide bonds. The fraction of sp³-hybridized carbons (Fsp3) is 0.818. The van der Waals surface area contributed by atoms with E-state index < -0.39 is 30.3 Å². The number of aliphatic carboxylic acids is 2. The Morgan fingerprint density at radius 3 is 1.30 bits per heavy atom. The maximum atomic E-state index is 9.82. The zero-order valence-electron chi connectivity index (χ0n) is 11.4. The van der Waals surface area contributed by atoms with Crippen LogP contribution in [0.4, 0.5) is 0 Å². The van der Waals surface area contributed by atoms with Crippen LogP contribution in [0.25, 0.3) is 0 Å². The molecule has 3 atom stereocenters. The molecule has 20 heavy (non-hydrogen) atoms. The van der Waals surface area contributed by atoms with Gasteiger partial charge >= 0.3 is 0 Å². The first-order valence-corrected chi connectivity index (χ1v) is 6.34. The molecule has 0 aliphatic carbocycles. The van der Waals surface area contributed by atoms with Crippen molar-refractivity contribution in [3.8, 4) is 0 Å². The molecule has 120 valence electrons. The lowest BCUT2D eigenvalue weighted by molar-refractivity contribution is -0.371. The van der Waals surface area contributed by atoms with Crippen molar-refractivity contribution in [2.24, 2.45) is 0 Å². The first-order valence-electron chi connectivity index (χ1n) is 6.34. The number of carbonyl (C=O) groups excluding carboxylic acids is 2. The van der Waals surface area contributed by atoms with Gasteiger partial charge in [-0.25, -0.2) is 0 Å². The number of quaternary nitrogens is 2. The van der Waals surface area contributed by atoms with Crippen molar-refractivity contribution in [1.82, 2.24) is 0 Å². The lowest BCUT2D eigenvalue weighted by Crippen LogP contribution is -2.53. The minimum absolute atomic E-state index is 1.09. The fourth-order valence-electron chi connectivity index (χ4n) is 1.16. The SMILES string of the molecule is O=C([O-])[C@@H](O)C(O)[C@@H](O)C(=O)[O-].[NH3+]CCCCCC[NH3+]. The highest BCUT2D eigenvalue weighted by Crippen LogP contribution is 1.98. The molecule has 1 unspecified atom stereocenters. The number of carbonyl (C=O) groups is 2. The van der Waals surface area contributed by atoms with Crippen molar-refractivity contribution in [1.29, 1.82) is 0 Å². The number of hydrogen-bond donors (Lipinski definition) is 5. The highest BCUT2D eigenvalue weighted by atomic mass is 16.4. The topological polar surface area (TPSA) is 196 Å². The van der Waals surface area contributed by atoms with Crippen LogP contribution in [0.1, 0.15) is 25.7 Å². The number of aliphatic hydroxyl groups excluding tert-OH is 3. The standard InChI is InChI=1S/C6H16N2.C5H8O7/c7-5-3-1-2-4-6-8;6-1(2(7)4(9)10)3(8)5(11)12/h1-8H2;1-3,6-8H,(H,9,10)(H,11,12)/t;1?,2-,3+. The highest BCUT2D eigenvalue weighted by Gasteiger charge is 2.26. The van der Waals surface area contributed by atoms with Gasteiger partial charge in [0.2, 0.25) is 0 Å². The molecule has 0 radical (unpaired) electrons. The smallest absolute Gasteiger partial charge is 0.122 e. The second kappa shape index (κ2) is 12.8. The Morgan fingerprint density at radius 1 is 0.800 bits per heavy atom. The molecule has 9 nitrogen and oxygen atoms in total. The van der Waals surface area contributed by atoms with E-state index >= 15 is 0 Å². The Balaban J connectivity index is 0. The average Bonchev–Trinajstić information content (AvgIpc) is 2.41. The van der Waals surface area contributed by atoms with Gasteiger partial charge in [-0.15, -0.1) is 0 Å². The van der Waals surface area contributed by atoms with Gasteiger partial charge in [-0.2, -0.15) is 0 Å². The molecule has 0 aromatic carbocycles. The summed E-state index contributed by atoms with van der Waals surface area (Å²) in [7, 11) is 0. The van der Waals surface area contributed by atoms with Crippen LogP contribution in [0.2, 0.25) is 0 Å². The minimum Gasteiger partial charge on any atom is -0.547 e. The lowest BCUT2D eigenvalue weighted by Gasteiger charge is -2.23. The molecular formula is C11H24N2O7. The zero-order valence-corrected chi connectivity index (χ0v) is 11.4. The summed E-state index contributed by atoms with van der Waals surface area (Å²) >= 11 is 0. The molecule has 9 N–H and O–H groups in total. The van der Waals surface area contributed by atoms with E-state index in [0.717, 1.165) is 13.1 Å². The van der Waals surface area contributed by atoms with Crippen LogP contribution >= 0.6 is 0 Å². The largest absolute Gasteiger partial charge is 0.547 e. The van der Waals surface area contributed by atoms with Crippen LogP contribution in [-0.4, -0.2) is 58.7 Å². The van der Waals surface area contributed by atoms with E-state index in [9.17, 15) is 19.8 Å². The van der Waals surface area contributed by atoms with Crippen molar-refractivity contribution in [3.05, 3.63) is 0 Å². The molecule has 0 aliphatic rings. The average molecular weight is 296 g/mol. The number of carboxylic acids is 2. The molecule has 0 saturated carbocycles. The summed E-state index contributed by atoms with van der Waals surface area (Å²) in [6, 6.07) is 0. The maximum Gasteiger partial charge on any atom is 0.122 e. The Bertz CT molecular complexity index is 249. The van der Waals surface area contributed by atoms with E-state index in [1.807, 2.05) is 0 Å². The van der Waals surface area contributed by atoms with Crippen molar-refractivity contribution >= 4 is 11.9 Å². The molecule has 0 aromatic rings. The van der Waals surface area contributed by atoms with Crippen LogP contribution in [-0.2, 0) is 9.59 Å². The second-order valence-electron chi connectivity index (χ2n) is 4.14. The van der Waals surface area contributed by atoms with Gasteiger partial charge in [0.15, 0.2) is 0 Å². The van der Waals surface area contributed by atoms with Crippen molar-refractivity contribution < 1.29 is 46.6 Å². The molecular weight excluding hydrogens is 272 g/mol. The molecule has 0 fully saturated rings. The van der Waals surface area contributed by atoms with Crippen molar-refractivity contribution in [2.75, 3.05) is 13.1 Å². The van der Waals surface area contributed by atoms with Crippen LogP contribution in [0.3, 0.4) is 0 Å². The Labute approximate surface area is 116 Å². The summed E-state index contributed by atoms with van der Waals surface area (Å²) in [5.74, 6) is -4.16. The van der Waals surface area contributed by atoms with E-state index in [0.29, 0.717) is 0 Å². The van der Waals surface area contributed by atoms with Gasteiger partial charge in [0.25, 0.3) is 0 Å². The zero-order chi connectivity index (χ0) is 16.1. The molecule has 0 heterocycles. The number of carboxylic acid groups (broad SMARTS) is 2. The first kappa shape index (κ1) is 21.0. The highest BCUT2D eigenvalue weighted by molar-refractivity contribution is 5.75. The van der Waals surface area contributed by atoms with E-state index in [-0.39, 0.29) is 0 Å². The maximum absolute atomic E-state index is 9.82. The van der Waals surface area contributed by atoms with E-state index in [4.69, 9.17) is 15.3 Å². The third-order valence-corrected chi connectivity index (χ3v) is 2.38. The van der Waals surface area contributed by atoms with Crippen molar-refractivity contribution in [3.63, 3.8) is 0 Å². The Kier molecular flexibility index (Phi) is 13.4. The number of rotatable bonds is 9. The first-order chi connectivity index (χ1) is 9.29. The normalized spacial score (nSPS) is 14.7. The predicted molar refractivity (Wildman–Crippen MR) is 62.0 cm³/mol. The molecule has 0 bridgehead atoms. The summed E-state index contributed by atoms with van der Waals surface area (Å²) in [5, 5.41) is 45.1. The van der Waals surface area contributed by atoms with Gasteiger partial charge in [0.05, 0.1) is 25.0 Å². The lowest BCUT2D eigenvalue weighted by atomic mass is 10.1. The quantitative estimate of drug-likeness (QED) is 0.260. The van der Waals surface area contributed by atoms with Gasteiger partial charge in [-0.1, -0.05) is 0 Å². The van der Waals surface area contributed by atoms with Gasteiger partial charge in [-0.05, 0) is 25.7 Å². The summed E-state index contributed by atoms with van der Waals surface area (Å²) in [4.78, 5) is 19.6. The number of unbranched alkanes of at least 4 members (excludes halogenated alkanes) is 3. The van der Waals surface area contributed by atoms with Gasteiger partial charge in [-0.3, -0.25) is 0 Å². The molecule has 0 saturated heterocycles. The third kappa shape index (κ3) is 10.6. The molecule has 0 aliphatic heterocycles. The Hall–Kier alpha value is -1.26. The molecule has 9 heteroatoms. The van der Waals surface area contributed by atoms with Gasteiger partial charge in [0.1, 0.15) is 18.3 Å². The van der Waals surface area contributed by atoms with Crippen LogP contribution < -0.4 is 21.7 Å². The van der Waals surface area contributed by atoms with Crippen molar-refractivity contribution in [2.45, 2.75) is 44.0 Å². The molecule has 0 spiro atoms. The third-order valence-electron chi connectivity index (χ3n) is 2.38. The summed E-state index contributed by atoms with van der Waals surface area (Å²) in [6.07, 6.45) is -2.01. The summed E-state index contributed by atoms with van der Waals surface area (Å²) in [6.45, 7) is 2.19. The second-order valence-corrected chi connectivity index (χ2v) is 4.14. The summed E-state index contributed by atoms with van der Waals surface area (Å²) < 4.78 is 0. The van der Waals surface area contributed by atoms with E-state index in [2.05, 4.69) is 11.5 Å².